The van der Waals surface area contributed by atoms with Crippen LogP contribution in [0.3, 0.4) is 0 Å². The number of thiazole rings is 1. The number of ether oxygens (including phenoxy) is 1. The molecule has 2 bridgehead atoms. The van der Waals surface area contributed by atoms with Crippen molar-refractivity contribution in [3.8, 4) is 16.9 Å². The van der Waals surface area contributed by atoms with Crippen LogP contribution >= 0.6 is 22.7 Å². The second kappa shape index (κ2) is 9.09. The van der Waals surface area contributed by atoms with E-state index in [1.165, 1.54) is 22.7 Å². The number of hydrogen-bond donors (Lipinski definition) is 1. The lowest BCUT2D eigenvalue weighted by Crippen LogP contribution is -2.50. The van der Waals surface area contributed by atoms with Gasteiger partial charge < -0.3 is 15.0 Å². The minimum absolute atomic E-state index is 0.0108. The molecule has 35 heavy (non-hydrogen) atoms. The molecule has 2 aromatic carbocycles. The van der Waals surface area contributed by atoms with Gasteiger partial charge >= 0.3 is 0 Å². The first-order valence-electron chi connectivity index (χ1n) is 11.8. The Morgan fingerprint density at radius 2 is 1.97 bits per heavy atom. The molecule has 0 unspecified atom stereocenters. The summed E-state index contributed by atoms with van der Waals surface area (Å²) in [7, 11) is 1.65. The largest absolute Gasteiger partial charge is 0.497 e. The van der Waals surface area contributed by atoms with Gasteiger partial charge in [-0.3, -0.25) is 9.59 Å². The third kappa shape index (κ3) is 3.90. The maximum atomic E-state index is 13.9. The lowest BCUT2D eigenvalue weighted by atomic mass is 9.97. The minimum Gasteiger partial charge on any atom is -0.497 e. The van der Waals surface area contributed by atoms with Crippen LogP contribution in [-0.4, -0.2) is 47.4 Å². The van der Waals surface area contributed by atoms with Crippen LogP contribution in [0.1, 0.15) is 39.3 Å². The number of benzene rings is 2. The Balaban J connectivity index is 1.23. The van der Waals surface area contributed by atoms with Crippen molar-refractivity contribution in [1.82, 2.24) is 15.2 Å². The Morgan fingerprint density at radius 1 is 1.11 bits per heavy atom. The van der Waals surface area contributed by atoms with Crippen LogP contribution in [0.5, 0.6) is 5.75 Å². The summed E-state index contributed by atoms with van der Waals surface area (Å²) in [6, 6.07) is 15.7. The van der Waals surface area contributed by atoms with Crippen LogP contribution in [0, 0.1) is 5.92 Å². The van der Waals surface area contributed by atoms with Crippen LogP contribution in [0.2, 0.25) is 0 Å². The van der Waals surface area contributed by atoms with Gasteiger partial charge in [-0.25, -0.2) is 4.98 Å². The van der Waals surface area contributed by atoms with E-state index in [1.54, 1.807) is 12.6 Å². The first kappa shape index (κ1) is 22.2. The summed E-state index contributed by atoms with van der Waals surface area (Å²) in [5, 5.41) is 5.11. The summed E-state index contributed by atoms with van der Waals surface area (Å²) in [5.41, 5.74) is 5.20. The van der Waals surface area contributed by atoms with Crippen molar-refractivity contribution in [2.45, 2.75) is 31.3 Å². The molecule has 6 nitrogen and oxygen atoms in total. The predicted molar refractivity (Wildman–Crippen MR) is 139 cm³/mol. The number of hydrogen-bond acceptors (Lipinski definition) is 6. The van der Waals surface area contributed by atoms with Crippen molar-refractivity contribution in [2.75, 3.05) is 13.7 Å². The van der Waals surface area contributed by atoms with Crippen molar-refractivity contribution >= 4 is 44.7 Å². The van der Waals surface area contributed by atoms with E-state index in [0.717, 1.165) is 51.2 Å². The number of piperidine rings is 1. The fraction of sp³-hybridized carbons (Fsp3) is 0.296. The van der Waals surface area contributed by atoms with Gasteiger partial charge in [0, 0.05) is 18.2 Å². The summed E-state index contributed by atoms with van der Waals surface area (Å²) in [5.74, 6) is 1.18. The Bertz CT molecular complexity index is 1390. The van der Waals surface area contributed by atoms with Crippen molar-refractivity contribution in [2.24, 2.45) is 5.92 Å². The maximum Gasteiger partial charge on any atom is 0.265 e. The highest BCUT2D eigenvalue weighted by Gasteiger charge is 2.48. The van der Waals surface area contributed by atoms with Crippen molar-refractivity contribution in [3.05, 3.63) is 69.9 Å². The molecule has 3 atom stereocenters. The van der Waals surface area contributed by atoms with E-state index in [9.17, 15) is 9.59 Å². The molecule has 3 heterocycles. The average Bonchev–Trinajstić information content (AvgIpc) is 3.70. The number of nitrogens with one attached hydrogen (secondary N) is 1. The van der Waals surface area contributed by atoms with Gasteiger partial charge in [-0.05, 0) is 66.5 Å². The van der Waals surface area contributed by atoms with E-state index in [2.05, 4.69) is 15.2 Å². The van der Waals surface area contributed by atoms with Crippen LogP contribution in [-0.2, 0) is 0 Å². The molecule has 0 radical (unpaired) electrons. The zero-order valence-electron chi connectivity index (χ0n) is 19.3. The Morgan fingerprint density at radius 3 is 2.80 bits per heavy atom. The summed E-state index contributed by atoms with van der Waals surface area (Å²) in [6.45, 7) is 0.462. The highest BCUT2D eigenvalue weighted by atomic mass is 32.1. The standard InChI is InChI=1S/C27H25N3O3S2/c1-33-19-9-6-16(7-10-19)20-11-12-34-25(20)27(32)30-18-8-5-17(13-18)23(30)14-28-26(31)21-3-2-4-22-24(21)35-15-29-22/h2-4,6-7,9-12,15,17-18,23H,5,8,13-14H2,1H3,(H,28,31)/t17-,18+,23+/m0/s1. The van der Waals surface area contributed by atoms with Crippen LogP contribution < -0.4 is 10.1 Å². The summed E-state index contributed by atoms with van der Waals surface area (Å²) in [4.78, 5) is 34.1. The molecule has 1 saturated carbocycles. The van der Waals surface area contributed by atoms with Crippen molar-refractivity contribution in [1.29, 1.82) is 0 Å². The number of carbonyl (C=O) groups is 2. The molecule has 1 N–H and O–H groups in total. The fourth-order valence-electron chi connectivity index (χ4n) is 5.62. The molecule has 1 aliphatic heterocycles. The number of nitrogens with zero attached hydrogens (tertiary/aromatic N) is 2. The number of carbonyl (C=O) groups excluding carboxylic acids is 2. The van der Waals surface area contributed by atoms with E-state index in [-0.39, 0.29) is 23.9 Å². The van der Waals surface area contributed by atoms with Gasteiger partial charge in [-0.1, -0.05) is 18.2 Å². The molecule has 4 aromatic rings. The number of rotatable bonds is 6. The third-order valence-electron chi connectivity index (χ3n) is 7.31. The van der Waals surface area contributed by atoms with E-state index >= 15 is 0 Å². The lowest BCUT2D eigenvalue weighted by molar-refractivity contribution is 0.0587. The van der Waals surface area contributed by atoms with Gasteiger partial charge in [0.25, 0.3) is 11.8 Å². The Hall–Kier alpha value is -3.23. The third-order valence-corrected chi connectivity index (χ3v) is 9.09. The Kier molecular flexibility index (Phi) is 5.78. The first-order chi connectivity index (χ1) is 17.1. The lowest BCUT2D eigenvalue weighted by Gasteiger charge is -2.35. The SMILES string of the molecule is COc1ccc(-c2ccsc2C(=O)N2[C@@H]3CC[C@@H](C3)[C@H]2CNC(=O)c2cccc3ncsc23)cc1. The molecule has 2 fully saturated rings. The van der Waals surface area contributed by atoms with E-state index in [4.69, 9.17) is 4.74 Å². The molecule has 1 aliphatic carbocycles. The van der Waals surface area contributed by atoms with Gasteiger partial charge in [0.2, 0.25) is 0 Å². The molecule has 2 amide bonds. The summed E-state index contributed by atoms with van der Waals surface area (Å²) in [6.07, 6.45) is 3.15. The van der Waals surface area contributed by atoms with Crippen molar-refractivity contribution < 1.29 is 14.3 Å². The molecule has 178 valence electrons. The predicted octanol–water partition coefficient (Wildman–Crippen LogP) is 5.46. The van der Waals surface area contributed by atoms with E-state index in [1.807, 2.05) is 53.9 Å². The van der Waals surface area contributed by atoms with E-state index in [0.29, 0.717) is 18.0 Å². The van der Waals surface area contributed by atoms with Crippen LogP contribution in [0.15, 0.2) is 59.4 Å². The second-order valence-corrected chi connectivity index (χ2v) is 10.9. The van der Waals surface area contributed by atoms with Gasteiger partial charge in [0.05, 0.1) is 39.3 Å². The van der Waals surface area contributed by atoms with Gasteiger partial charge in [-0.2, -0.15) is 0 Å². The second-order valence-electron chi connectivity index (χ2n) is 9.11. The zero-order chi connectivity index (χ0) is 23.9. The topological polar surface area (TPSA) is 71.5 Å². The highest BCUT2D eigenvalue weighted by Crippen LogP contribution is 2.44. The maximum absolute atomic E-state index is 13.9. The quantitative estimate of drug-likeness (QED) is 0.379. The molecular weight excluding hydrogens is 478 g/mol. The number of likely N-dealkylation sites (tertiary alicyclic amines) is 1. The highest BCUT2D eigenvalue weighted by molar-refractivity contribution is 7.17. The number of fused-ring (bicyclic) bond motifs is 3. The molecule has 6 rings (SSSR count). The van der Waals surface area contributed by atoms with Crippen LogP contribution in [0.25, 0.3) is 21.3 Å². The molecular formula is C27H25N3O3S2. The molecule has 0 spiro atoms. The van der Waals surface area contributed by atoms with Gasteiger partial charge in [0.15, 0.2) is 0 Å². The van der Waals surface area contributed by atoms with Gasteiger partial charge in [0.1, 0.15) is 5.75 Å². The molecule has 1 saturated heterocycles. The zero-order valence-corrected chi connectivity index (χ0v) is 20.9. The summed E-state index contributed by atoms with van der Waals surface area (Å²) < 4.78 is 6.18. The number of methoxy groups -OCH3 is 1. The first-order valence-corrected chi connectivity index (χ1v) is 13.5. The Labute approximate surface area is 211 Å². The fourth-order valence-corrected chi connectivity index (χ4v) is 7.28. The minimum atomic E-state index is -0.106. The molecule has 2 aliphatic rings. The number of aromatic nitrogens is 1. The molecule has 8 heteroatoms. The molecule has 2 aromatic heterocycles. The average molecular weight is 504 g/mol. The summed E-state index contributed by atoms with van der Waals surface area (Å²) >= 11 is 2.96. The van der Waals surface area contributed by atoms with Crippen LogP contribution in [0.4, 0.5) is 0 Å². The normalized spacial score (nSPS) is 20.9. The monoisotopic (exact) mass is 503 g/mol. The van der Waals surface area contributed by atoms with Crippen molar-refractivity contribution in [3.63, 3.8) is 0 Å². The number of thiophene rings is 1. The van der Waals surface area contributed by atoms with E-state index < -0.39 is 0 Å². The number of amides is 2. The smallest absolute Gasteiger partial charge is 0.265 e. The van der Waals surface area contributed by atoms with Gasteiger partial charge in [-0.15, -0.1) is 22.7 Å².